The van der Waals surface area contributed by atoms with Crippen LogP contribution in [0.25, 0.3) is 0 Å². The quantitative estimate of drug-likeness (QED) is 0.735. The number of aryl methyl sites for hydroxylation is 1. The summed E-state index contributed by atoms with van der Waals surface area (Å²) in [6.45, 7) is 5.73. The summed E-state index contributed by atoms with van der Waals surface area (Å²) in [5, 5.41) is 16.7. The van der Waals surface area contributed by atoms with Crippen LogP contribution in [0.4, 0.5) is 0 Å². The van der Waals surface area contributed by atoms with E-state index in [2.05, 4.69) is 17.3 Å². The molecule has 0 aliphatic carbocycles. The second kappa shape index (κ2) is 5.88. The van der Waals surface area contributed by atoms with Crippen molar-refractivity contribution >= 4 is 0 Å². The molecule has 1 rings (SSSR count). The third-order valence-corrected chi connectivity index (χ3v) is 2.46. The Hall–Kier alpha value is -0.870. The van der Waals surface area contributed by atoms with E-state index in [4.69, 9.17) is 0 Å². The second-order valence-corrected chi connectivity index (χ2v) is 4.27. The standard InChI is InChI=1S/C11H21N3O/c1-9(6-10(2)15)7-12-8-11-4-5-13-14(11)3/h4-5,9-10,12,15H,6-8H2,1-3H3. The maximum absolute atomic E-state index is 9.21. The first-order chi connectivity index (χ1) is 7.09. The average molecular weight is 211 g/mol. The van der Waals surface area contributed by atoms with Crippen molar-refractivity contribution in [2.24, 2.45) is 13.0 Å². The van der Waals surface area contributed by atoms with Crippen molar-refractivity contribution in [2.45, 2.75) is 32.9 Å². The second-order valence-electron chi connectivity index (χ2n) is 4.27. The Morgan fingerprint density at radius 2 is 2.27 bits per heavy atom. The highest BCUT2D eigenvalue weighted by Gasteiger charge is 2.06. The van der Waals surface area contributed by atoms with E-state index in [9.17, 15) is 5.11 Å². The van der Waals surface area contributed by atoms with Crippen LogP contribution in [0.2, 0.25) is 0 Å². The molecule has 1 aromatic heterocycles. The van der Waals surface area contributed by atoms with Crippen LogP contribution in [-0.2, 0) is 13.6 Å². The summed E-state index contributed by atoms with van der Waals surface area (Å²) in [6, 6.07) is 2.01. The molecule has 0 saturated carbocycles. The normalized spacial score (nSPS) is 15.2. The van der Waals surface area contributed by atoms with Gasteiger partial charge in [0.05, 0.1) is 11.8 Å². The van der Waals surface area contributed by atoms with E-state index in [-0.39, 0.29) is 6.10 Å². The molecule has 1 heterocycles. The monoisotopic (exact) mass is 211 g/mol. The highest BCUT2D eigenvalue weighted by atomic mass is 16.3. The molecule has 0 saturated heterocycles. The minimum atomic E-state index is -0.210. The lowest BCUT2D eigenvalue weighted by Gasteiger charge is -2.14. The molecule has 2 unspecified atom stereocenters. The lowest BCUT2D eigenvalue weighted by atomic mass is 10.0. The van der Waals surface area contributed by atoms with Crippen molar-refractivity contribution in [2.75, 3.05) is 6.54 Å². The molecule has 1 aromatic rings. The number of rotatable bonds is 6. The van der Waals surface area contributed by atoms with Crippen molar-refractivity contribution in [3.8, 4) is 0 Å². The predicted octanol–water partition coefficient (Wildman–Crippen LogP) is 0.917. The van der Waals surface area contributed by atoms with Crippen molar-refractivity contribution in [3.05, 3.63) is 18.0 Å². The molecule has 0 spiro atoms. The van der Waals surface area contributed by atoms with Gasteiger partial charge in [-0.05, 0) is 31.9 Å². The number of aromatic nitrogens is 2. The van der Waals surface area contributed by atoms with Gasteiger partial charge in [-0.15, -0.1) is 0 Å². The van der Waals surface area contributed by atoms with Gasteiger partial charge in [0.15, 0.2) is 0 Å². The van der Waals surface area contributed by atoms with Crippen molar-refractivity contribution in [3.63, 3.8) is 0 Å². The molecular formula is C11H21N3O. The van der Waals surface area contributed by atoms with Crippen LogP contribution in [0.5, 0.6) is 0 Å². The molecule has 2 N–H and O–H groups in total. The van der Waals surface area contributed by atoms with E-state index in [1.807, 2.05) is 24.7 Å². The number of aliphatic hydroxyl groups excluding tert-OH is 1. The van der Waals surface area contributed by atoms with Crippen LogP contribution in [0.1, 0.15) is 26.0 Å². The molecule has 0 aromatic carbocycles. The Kier molecular flexibility index (Phi) is 4.78. The van der Waals surface area contributed by atoms with E-state index >= 15 is 0 Å². The molecule has 0 radical (unpaired) electrons. The zero-order valence-corrected chi connectivity index (χ0v) is 9.77. The van der Waals surface area contributed by atoms with Gasteiger partial charge < -0.3 is 10.4 Å². The van der Waals surface area contributed by atoms with Gasteiger partial charge in [-0.1, -0.05) is 6.92 Å². The van der Waals surface area contributed by atoms with E-state index in [0.717, 1.165) is 19.5 Å². The van der Waals surface area contributed by atoms with Gasteiger partial charge >= 0.3 is 0 Å². The van der Waals surface area contributed by atoms with E-state index < -0.39 is 0 Å². The van der Waals surface area contributed by atoms with E-state index in [0.29, 0.717) is 5.92 Å². The Morgan fingerprint density at radius 3 is 2.80 bits per heavy atom. The van der Waals surface area contributed by atoms with Gasteiger partial charge in [-0.2, -0.15) is 5.10 Å². The van der Waals surface area contributed by atoms with Gasteiger partial charge in [0.25, 0.3) is 0 Å². The van der Waals surface area contributed by atoms with Crippen LogP contribution in [0, 0.1) is 5.92 Å². The van der Waals surface area contributed by atoms with Crippen LogP contribution in [0.15, 0.2) is 12.3 Å². The Labute approximate surface area is 91.3 Å². The Bertz CT molecular complexity index is 283. The Morgan fingerprint density at radius 1 is 1.53 bits per heavy atom. The number of nitrogens with one attached hydrogen (secondary N) is 1. The van der Waals surface area contributed by atoms with Crippen molar-refractivity contribution < 1.29 is 5.11 Å². The largest absolute Gasteiger partial charge is 0.393 e. The highest BCUT2D eigenvalue weighted by Crippen LogP contribution is 2.04. The van der Waals surface area contributed by atoms with Gasteiger partial charge in [-0.25, -0.2) is 0 Å². The molecule has 86 valence electrons. The fourth-order valence-corrected chi connectivity index (χ4v) is 1.69. The van der Waals surface area contributed by atoms with Gasteiger partial charge in [0.2, 0.25) is 0 Å². The zero-order chi connectivity index (χ0) is 11.3. The average Bonchev–Trinajstić information content (AvgIpc) is 2.50. The molecule has 0 amide bonds. The van der Waals surface area contributed by atoms with E-state index in [1.54, 1.807) is 6.20 Å². The van der Waals surface area contributed by atoms with Crippen LogP contribution in [-0.4, -0.2) is 27.5 Å². The number of nitrogens with zero attached hydrogens (tertiary/aromatic N) is 2. The van der Waals surface area contributed by atoms with Gasteiger partial charge in [-0.3, -0.25) is 4.68 Å². The topological polar surface area (TPSA) is 50.1 Å². The SMILES string of the molecule is CC(O)CC(C)CNCc1ccnn1C. The fraction of sp³-hybridized carbons (Fsp3) is 0.727. The molecule has 0 aliphatic heterocycles. The first-order valence-corrected chi connectivity index (χ1v) is 5.45. The molecule has 0 bridgehead atoms. The molecule has 0 aliphatic rings. The van der Waals surface area contributed by atoms with Crippen LogP contribution in [0.3, 0.4) is 0 Å². The molecule has 0 fully saturated rings. The fourth-order valence-electron chi connectivity index (χ4n) is 1.69. The minimum absolute atomic E-state index is 0.210. The summed E-state index contributed by atoms with van der Waals surface area (Å²) in [4.78, 5) is 0. The smallest absolute Gasteiger partial charge is 0.0518 e. The summed E-state index contributed by atoms with van der Waals surface area (Å²) in [5.74, 6) is 0.498. The van der Waals surface area contributed by atoms with Gasteiger partial charge in [0, 0.05) is 19.8 Å². The third kappa shape index (κ3) is 4.44. The zero-order valence-electron chi connectivity index (χ0n) is 9.77. The maximum atomic E-state index is 9.21. The summed E-state index contributed by atoms with van der Waals surface area (Å²) < 4.78 is 1.87. The number of aliphatic hydroxyl groups is 1. The lowest BCUT2D eigenvalue weighted by Crippen LogP contribution is -2.24. The molecule has 2 atom stereocenters. The summed E-state index contributed by atoms with van der Waals surface area (Å²) >= 11 is 0. The molecule has 15 heavy (non-hydrogen) atoms. The Balaban J connectivity index is 2.19. The van der Waals surface area contributed by atoms with Crippen molar-refractivity contribution in [1.29, 1.82) is 0 Å². The molecule has 4 heteroatoms. The summed E-state index contributed by atoms with van der Waals surface area (Å²) in [6.07, 6.45) is 2.44. The first-order valence-electron chi connectivity index (χ1n) is 5.45. The van der Waals surface area contributed by atoms with Crippen LogP contribution >= 0.6 is 0 Å². The lowest BCUT2D eigenvalue weighted by molar-refractivity contribution is 0.163. The highest BCUT2D eigenvalue weighted by molar-refractivity contribution is 4.99. The van der Waals surface area contributed by atoms with Gasteiger partial charge in [0.1, 0.15) is 0 Å². The maximum Gasteiger partial charge on any atom is 0.0518 e. The minimum Gasteiger partial charge on any atom is -0.393 e. The summed E-state index contributed by atoms with van der Waals surface area (Å²) in [7, 11) is 1.94. The third-order valence-electron chi connectivity index (χ3n) is 2.46. The first kappa shape index (κ1) is 12.2. The summed E-state index contributed by atoms with van der Waals surface area (Å²) in [5.41, 5.74) is 1.18. The molecule has 4 nitrogen and oxygen atoms in total. The van der Waals surface area contributed by atoms with E-state index in [1.165, 1.54) is 5.69 Å². The predicted molar refractivity (Wildman–Crippen MR) is 60.4 cm³/mol. The van der Waals surface area contributed by atoms with Crippen molar-refractivity contribution in [1.82, 2.24) is 15.1 Å². The molecular weight excluding hydrogens is 190 g/mol. The number of hydrogen-bond donors (Lipinski definition) is 2. The van der Waals surface area contributed by atoms with Crippen LogP contribution < -0.4 is 5.32 Å². The number of hydrogen-bond acceptors (Lipinski definition) is 3.